The van der Waals surface area contributed by atoms with Gasteiger partial charge in [-0.3, -0.25) is 4.90 Å². The number of nitrogens with zero attached hydrogens (tertiary/aromatic N) is 1. The van der Waals surface area contributed by atoms with Crippen LogP contribution in [0.1, 0.15) is 40.5 Å². The van der Waals surface area contributed by atoms with Crippen molar-refractivity contribution in [2.24, 2.45) is 11.7 Å². The van der Waals surface area contributed by atoms with Gasteiger partial charge >= 0.3 is 0 Å². The van der Waals surface area contributed by atoms with Crippen molar-refractivity contribution in [2.75, 3.05) is 13.1 Å². The van der Waals surface area contributed by atoms with E-state index in [2.05, 4.69) is 32.6 Å². The molecule has 0 amide bonds. The molecule has 78 valence electrons. The molecule has 1 heterocycles. The molecule has 13 heavy (non-hydrogen) atoms. The first kappa shape index (κ1) is 11.0. The zero-order chi connectivity index (χ0) is 10.1. The zero-order valence-electron chi connectivity index (χ0n) is 9.51. The van der Waals surface area contributed by atoms with Crippen LogP contribution < -0.4 is 5.73 Å². The summed E-state index contributed by atoms with van der Waals surface area (Å²) in [4.78, 5) is 2.54. The lowest BCUT2D eigenvalue weighted by molar-refractivity contribution is 0.103. The largest absolute Gasteiger partial charge is 0.324 e. The predicted molar refractivity (Wildman–Crippen MR) is 57.7 cm³/mol. The first-order chi connectivity index (χ1) is 5.88. The molecule has 0 spiro atoms. The van der Waals surface area contributed by atoms with Crippen molar-refractivity contribution in [1.82, 2.24) is 4.90 Å². The Kier molecular flexibility index (Phi) is 3.36. The van der Waals surface area contributed by atoms with Gasteiger partial charge in [0.1, 0.15) is 0 Å². The zero-order valence-corrected chi connectivity index (χ0v) is 9.51. The molecule has 0 aromatic carbocycles. The van der Waals surface area contributed by atoms with Crippen LogP contribution in [0.25, 0.3) is 0 Å². The van der Waals surface area contributed by atoms with Crippen LogP contribution >= 0.6 is 0 Å². The molecule has 2 unspecified atom stereocenters. The number of nitrogens with two attached hydrogens (primary N) is 1. The van der Waals surface area contributed by atoms with Crippen molar-refractivity contribution in [3.8, 4) is 0 Å². The van der Waals surface area contributed by atoms with Gasteiger partial charge in [0.05, 0.1) is 0 Å². The van der Waals surface area contributed by atoms with Crippen molar-refractivity contribution < 1.29 is 0 Å². The molecule has 2 N–H and O–H groups in total. The van der Waals surface area contributed by atoms with Crippen molar-refractivity contribution in [3.63, 3.8) is 0 Å². The van der Waals surface area contributed by atoms with E-state index < -0.39 is 0 Å². The Balaban J connectivity index is 2.47. The fourth-order valence-electron chi connectivity index (χ4n) is 2.12. The summed E-state index contributed by atoms with van der Waals surface area (Å²) in [6, 6.07) is 0.721. The van der Waals surface area contributed by atoms with Crippen molar-refractivity contribution in [1.29, 1.82) is 0 Å². The molecule has 1 fully saturated rings. The molecule has 0 saturated carbocycles. The molecule has 2 atom stereocenters. The summed E-state index contributed by atoms with van der Waals surface area (Å²) in [5, 5.41) is 0. The molecular formula is C11H24N2. The van der Waals surface area contributed by atoms with Crippen molar-refractivity contribution in [2.45, 2.75) is 52.1 Å². The van der Waals surface area contributed by atoms with Gasteiger partial charge in [0.25, 0.3) is 0 Å². The third-order valence-electron chi connectivity index (χ3n) is 2.86. The Morgan fingerprint density at radius 1 is 1.31 bits per heavy atom. The lowest BCUT2D eigenvalue weighted by Crippen LogP contribution is -2.51. The Labute approximate surface area is 82.5 Å². The van der Waals surface area contributed by atoms with Gasteiger partial charge < -0.3 is 5.73 Å². The first-order valence-corrected chi connectivity index (χ1v) is 5.41. The summed E-state index contributed by atoms with van der Waals surface area (Å²) in [6.45, 7) is 11.1. The second kappa shape index (κ2) is 3.97. The number of rotatable bonds is 2. The maximum Gasteiger partial charge on any atom is 0.0226 e. The molecule has 0 bridgehead atoms. The summed E-state index contributed by atoms with van der Waals surface area (Å²) in [7, 11) is 0. The van der Waals surface area contributed by atoms with Crippen LogP contribution in [0.3, 0.4) is 0 Å². The van der Waals surface area contributed by atoms with Gasteiger partial charge in [-0.2, -0.15) is 0 Å². The van der Waals surface area contributed by atoms with Crippen LogP contribution in [0.5, 0.6) is 0 Å². The molecule has 2 heteroatoms. The van der Waals surface area contributed by atoms with Gasteiger partial charge in [-0.05, 0) is 39.5 Å². The normalized spacial score (nSPS) is 32.1. The lowest BCUT2D eigenvalue weighted by Gasteiger charge is -2.40. The topological polar surface area (TPSA) is 29.3 Å². The van der Waals surface area contributed by atoms with Crippen LogP contribution in [0, 0.1) is 5.92 Å². The van der Waals surface area contributed by atoms with Gasteiger partial charge in [-0.15, -0.1) is 0 Å². The SMILES string of the molecule is CC1CCC(C)N(CC(C)(C)N)C1. The lowest BCUT2D eigenvalue weighted by atomic mass is 9.93. The minimum atomic E-state index is -0.0503. The van der Waals surface area contributed by atoms with Crippen molar-refractivity contribution in [3.05, 3.63) is 0 Å². The highest BCUT2D eigenvalue weighted by molar-refractivity contribution is 4.84. The number of hydrogen-bond acceptors (Lipinski definition) is 2. The minimum absolute atomic E-state index is 0.0503. The number of hydrogen-bond donors (Lipinski definition) is 1. The van der Waals surface area contributed by atoms with Gasteiger partial charge in [-0.1, -0.05) is 6.92 Å². The Morgan fingerprint density at radius 3 is 2.46 bits per heavy atom. The van der Waals surface area contributed by atoms with E-state index >= 15 is 0 Å². The molecule has 1 saturated heterocycles. The van der Waals surface area contributed by atoms with E-state index in [0.29, 0.717) is 0 Å². The van der Waals surface area contributed by atoms with Gasteiger partial charge in [0.15, 0.2) is 0 Å². The second-order valence-electron chi connectivity index (χ2n) is 5.45. The van der Waals surface area contributed by atoms with Crippen LogP contribution in [0.15, 0.2) is 0 Å². The van der Waals surface area contributed by atoms with Crippen LogP contribution in [-0.4, -0.2) is 29.6 Å². The van der Waals surface area contributed by atoms with Crippen LogP contribution in [0.2, 0.25) is 0 Å². The molecule has 2 nitrogen and oxygen atoms in total. The highest BCUT2D eigenvalue weighted by Gasteiger charge is 2.26. The van der Waals surface area contributed by atoms with E-state index in [4.69, 9.17) is 5.73 Å². The summed E-state index contributed by atoms with van der Waals surface area (Å²) in [6.07, 6.45) is 2.71. The van der Waals surface area contributed by atoms with E-state index in [1.807, 2.05) is 0 Å². The average molecular weight is 184 g/mol. The van der Waals surface area contributed by atoms with Crippen LogP contribution in [-0.2, 0) is 0 Å². The molecule has 0 aliphatic carbocycles. The van der Waals surface area contributed by atoms with Gasteiger partial charge in [0, 0.05) is 24.7 Å². The van der Waals surface area contributed by atoms with Crippen molar-refractivity contribution >= 4 is 0 Å². The minimum Gasteiger partial charge on any atom is -0.324 e. The van der Waals surface area contributed by atoms with Gasteiger partial charge in [0.2, 0.25) is 0 Å². The third-order valence-corrected chi connectivity index (χ3v) is 2.86. The maximum atomic E-state index is 6.03. The quantitative estimate of drug-likeness (QED) is 0.709. The number of piperidine rings is 1. The van der Waals surface area contributed by atoms with Crippen LogP contribution in [0.4, 0.5) is 0 Å². The van der Waals surface area contributed by atoms with E-state index in [1.165, 1.54) is 19.4 Å². The Morgan fingerprint density at radius 2 is 1.92 bits per heavy atom. The Bertz CT molecular complexity index is 160. The molecule has 1 rings (SSSR count). The van der Waals surface area contributed by atoms with Gasteiger partial charge in [-0.25, -0.2) is 0 Å². The highest BCUT2D eigenvalue weighted by Crippen LogP contribution is 2.22. The summed E-state index contributed by atoms with van der Waals surface area (Å²) < 4.78 is 0. The molecule has 1 aliphatic rings. The summed E-state index contributed by atoms with van der Waals surface area (Å²) >= 11 is 0. The first-order valence-electron chi connectivity index (χ1n) is 5.41. The second-order valence-corrected chi connectivity index (χ2v) is 5.45. The smallest absolute Gasteiger partial charge is 0.0226 e. The molecule has 0 radical (unpaired) electrons. The van der Waals surface area contributed by atoms with E-state index in [0.717, 1.165) is 18.5 Å². The molecule has 0 aromatic rings. The number of likely N-dealkylation sites (tertiary alicyclic amines) is 1. The summed E-state index contributed by atoms with van der Waals surface area (Å²) in [5.74, 6) is 0.846. The highest BCUT2D eigenvalue weighted by atomic mass is 15.2. The monoisotopic (exact) mass is 184 g/mol. The maximum absolute atomic E-state index is 6.03. The van der Waals surface area contributed by atoms with E-state index in [1.54, 1.807) is 0 Å². The fraction of sp³-hybridized carbons (Fsp3) is 1.00. The van der Waals surface area contributed by atoms with E-state index in [-0.39, 0.29) is 5.54 Å². The average Bonchev–Trinajstić information content (AvgIpc) is 1.94. The Hall–Kier alpha value is -0.0800. The van der Waals surface area contributed by atoms with E-state index in [9.17, 15) is 0 Å². The standard InChI is InChI=1S/C11H24N2/c1-9-5-6-10(2)13(7-9)8-11(3,4)12/h9-10H,5-8,12H2,1-4H3. The third kappa shape index (κ3) is 3.65. The molecule has 0 aromatic heterocycles. The molecule has 1 aliphatic heterocycles. The predicted octanol–water partition coefficient (Wildman–Crippen LogP) is 1.84. The molecular weight excluding hydrogens is 160 g/mol. The fourth-order valence-corrected chi connectivity index (χ4v) is 2.12. The summed E-state index contributed by atoms with van der Waals surface area (Å²) in [5.41, 5.74) is 5.98.